The molecule has 1 saturated carbocycles. The molecular weight excluding hydrogens is 248 g/mol. The van der Waals surface area contributed by atoms with Crippen LogP contribution in [0.15, 0.2) is 0 Å². The second-order valence-corrected chi connectivity index (χ2v) is 7.01. The third kappa shape index (κ3) is 5.01. The Morgan fingerprint density at radius 2 is 1.55 bits per heavy atom. The van der Waals surface area contributed by atoms with E-state index >= 15 is 0 Å². The Morgan fingerprint density at radius 1 is 1.00 bits per heavy atom. The molecule has 1 N–H and O–H groups in total. The van der Waals surface area contributed by atoms with Crippen molar-refractivity contribution in [3.8, 4) is 0 Å². The van der Waals surface area contributed by atoms with Crippen molar-refractivity contribution < 1.29 is 5.11 Å². The summed E-state index contributed by atoms with van der Waals surface area (Å²) in [5.74, 6) is 0.471. The summed E-state index contributed by atoms with van der Waals surface area (Å²) in [5.41, 5.74) is 0.116. The highest BCUT2D eigenvalue weighted by Crippen LogP contribution is 2.41. The minimum absolute atomic E-state index is 0.116. The predicted octanol–water partition coefficient (Wildman–Crippen LogP) is 2.84. The summed E-state index contributed by atoms with van der Waals surface area (Å²) in [6.07, 6.45) is 3.46. The lowest BCUT2D eigenvalue weighted by molar-refractivity contribution is 0.0328. The number of hydrogen-bond acceptors (Lipinski definition) is 3. The summed E-state index contributed by atoms with van der Waals surface area (Å²) in [6.45, 7) is 17.9. The maximum atomic E-state index is 10.4. The molecule has 0 aromatic rings. The first-order valence-corrected chi connectivity index (χ1v) is 8.57. The Kier molecular flexibility index (Phi) is 7.49. The molecule has 0 amide bonds. The zero-order chi connectivity index (χ0) is 15.2. The van der Waals surface area contributed by atoms with Gasteiger partial charge >= 0.3 is 0 Å². The van der Waals surface area contributed by atoms with Crippen molar-refractivity contribution in [2.75, 3.05) is 39.3 Å². The smallest absolute Gasteiger partial charge is 0.0631 e. The molecule has 0 aliphatic heterocycles. The minimum Gasteiger partial charge on any atom is -0.392 e. The normalized spacial score (nSPS) is 25.8. The molecule has 1 fully saturated rings. The number of aliphatic hydroxyl groups excluding tert-OH is 1. The van der Waals surface area contributed by atoms with Crippen LogP contribution < -0.4 is 0 Å². The van der Waals surface area contributed by atoms with E-state index in [9.17, 15) is 5.11 Å². The van der Waals surface area contributed by atoms with Crippen molar-refractivity contribution in [1.29, 1.82) is 0 Å². The fourth-order valence-electron chi connectivity index (χ4n) is 3.46. The highest BCUT2D eigenvalue weighted by molar-refractivity contribution is 4.92. The molecule has 0 heterocycles. The Balaban J connectivity index is 2.33. The zero-order valence-electron chi connectivity index (χ0n) is 14.4. The molecule has 0 spiro atoms. The van der Waals surface area contributed by atoms with Gasteiger partial charge in [0.1, 0.15) is 0 Å². The maximum Gasteiger partial charge on any atom is 0.0631 e. The van der Waals surface area contributed by atoms with E-state index in [1.807, 2.05) is 0 Å². The van der Waals surface area contributed by atoms with Crippen molar-refractivity contribution in [2.45, 2.75) is 60.0 Å². The van der Waals surface area contributed by atoms with Crippen LogP contribution in [0.1, 0.15) is 53.9 Å². The van der Waals surface area contributed by atoms with Crippen molar-refractivity contribution in [2.24, 2.45) is 11.3 Å². The molecule has 3 heteroatoms. The summed E-state index contributed by atoms with van der Waals surface area (Å²) in [4.78, 5) is 5.01. The average Bonchev–Trinajstić information content (AvgIpc) is 2.69. The Hall–Kier alpha value is -0.120. The summed E-state index contributed by atoms with van der Waals surface area (Å²) in [7, 11) is 0. The lowest BCUT2D eigenvalue weighted by Crippen LogP contribution is -2.38. The molecular formula is C17H36N2O. The van der Waals surface area contributed by atoms with E-state index < -0.39 is 0 Å². The van der Waals surface area contributed by atoms with E-state index in [4.69, 9.17) is 0 Å². The van der Waals surface area contributed by atoms with Gasteiger partial charge in [-0.1, -0.05) is 34.6 Å². The van der Waals surface area contributed by atoms with E-state index in [0.29, 0.717) is 5.92 Å². The molecule has 0 radical (unpaired) electrons. The van der Waals surface area contributed by atoms with Crippen LogP contribution in [0.5, 0.6) is 0 Å². The van der Waals surface area contributed by atoms with Crippen LogP contribution in [-0.2, 0) is 0 Å². The molecule has 0 aromatic carbocycles. The minimum atomic E-state index is -0.126. The number of aliphatic hydroxyl groups is 1. The van der Waals surface area contributed by atoms with Gasteiger partial charge in [0.15, 0.2) is 0 Å². The Bertz CT molecular complexity index is 264. The van der Waals surface area contributed by atoms with Crippen molar-refractivity contribution in [1.82, 2.24) is 9.80 Å². The summed E-state index contributed by atoms with van der Waals surface area (Å²) in [5, 5.41) is 10.4. The van der Waals surface area contributed by atoms with Gasteiger partial charge in [-0.3, -0.25) is 0 Å². The van der Waals surface area contributed by atoms with E-state index in [0.717, 1.165) is 39.1 Å². The highest BCUT2D eigenvalue weighted by Gasteiger charge is 2.40. The van der Waals surface area contributed by atoms with Crippen molar-refractivity contribution in [3.05, 3.63) is 0 Å². The van der Waals surface area contributed by atoms with Crippen molar-refractivity contribution >= 4 is 0 Å². The molecule has 2 unspecified atom stereocenters. The van der Waals surface area contributed by atoms with Gasteiger partial charge in [0.05, 0.1) is 6.10 Å². The molecule has 1 aliphatic carbocycles. The molecule has 3 nitrogen and oxygen atoms in total. The van der Waals surface area contributed by atoms with Crippen LogP contribution >= 0.6 is 0 Å². The van der Waals surface area contributed by atoms with E-state index in [-0.39, 0.29) is 11.5 Å². The number of rotatable bonds is 9. The lowest BCUT2D eigenvalue weighted by atomic mass is 9.87. The topological polar surface area (TPSA) is 26.7 Å². The van der Waals surface area contributed by atoms with Crippen molar-refractivity contribution in [3.63, 3.8) is 0 Å². The van der Waals surface area contributed by atoms with Gasteiger partial charge in [-0.2, -0.15) is 0 Å². The monoisotopic (exact) mass is 284 g/mol. The van der Waals surface area contributed by atoms with Gasteiger partial charge in [-0.25, -0.2) is 0 Å². The van der Waals surface area contributed by atoms with Crippen LogP contribution in [0, 0.1) is 11.3 Å². The first-order valence-electron chi connectivity index (χ1n) is 8.57. The summed E-state index contributed by atoms with van der Waals surface area (Å²) >= 11 is 0. The SMILES string of the molecule is CCN(CC)CCCN(CC)CC1CCC(C)(C)C1O. The average molecular weight is 284 g/mol. The lowest BCUT2D eigenvalue weighted by Gasteiger charge is -2.30. The first kappa shape index (κ1) is 17.9. The van der Waals surface area contributed by atoms with E-state index in [1.54, 1.807) is 0 Å². The molecule has 120 valence electrons. The zero-order valence-corrected chi connectivity index (χ0v) is 14.4. The largest absolute Gasteiger partial charge is 0.392 e. The second kappa shape index (κ2) is 8.35. The standard InChI is InChI=1S/C17H36N2O/c1-6-18(7-2)12-9-13-19(8-3)14-15-10-11-17(4,5)16(15)20/h15-16,20H,6-14H2,1-5H3. The molecule has 0 aromatic heterocycles. The van der Waals surface area contributed by atoms with Gasteiger partial charge in [0.2, 0.25) is 0 Å². The van der Waals surface area contributed by atoms with Gasteiger partial charge in [0.25, 0.3) is 0 Å². The van der Waals surface area contributed by atoms with Crippen LogP contribution in [-0.4, -0.2) is 60.3 Å². The van der Waals surface area contributed by atoms with Gasteiger partial charge in [0, 0.05) is 6.54 Å². The third-order valence-corrected chi connectivity index (χ3v) is 5.19. The fraction of sp³-hybridized carbons (Fsp3) is 1.00. The highest BCUT2D eigenvalue weighted by atomic mass is 16.3. The molecule has 1 rings (SSSR count). The fourth-order valence-corrected chi connectivity index (χ4v) is 3.46. The quantitative estimate of drug-likeness (QED) is 0.705. The molecule has 0 saturated heterocycles. The first-order chi connectivity index (χ1) is 9.44. The third-order valence-electron chi connectivity index (χ3n) is 5.19. The summed E-state index contributed by atoms with van der Waals surface area (Å²) < 4.78 is 0. The molecule has 20 heavy (non-hydrogen) atoms. The number of nitrogens with zero attached hydrogens (tertiary/aromatic N) is 2. The van der Waals surface area contributed by atoms with Crippen LogP contribution in [0.3, 0.4) is 0 Å². The molecule has 0 bridgehead atoms. The predicted molar refractivity (Wildman–Crippen MR) is 87.0 cm³/mol. The Morgan fingerprint density at radius 3 is 2.00 bits per heavy atom. The molecule has 1 aliphatic rings. The van der Waals surface area contributed by atoms with Gasteiger partial charge < -0.3 is 14.9 Å². The Labute approximate surface area is 126 Å². The second-order valence-electron chi connectivity index (χ2n) is 7.01. The van der Waals surface area contributed by atoms with Crippen LogP contribution in [0.4, 0.5) is 0 Å². The maximum absolute atomic E-state index is 10.4. The number of hydrogen-bond donors (Lipinski definition) is 1. The van der Waals surface area contributed by atoms with Gasteiger partial charge in [-0.15, -0.1) is 0 Å². The summed E-state index contributed by atoms with van der Waals surface area (Å²) in [6, 6.07) is 0. The van der Waals surface area contributed by atoms with Crippen LogP contribution in [0.25, 0.3) is 0 Å². The molecule has 2 atom stereocenters. The van der Waals surface area contributed by atoms with Gasteiger partial charge in [-0.05, 0) is 63.3 Å². The van der Waals surface area contributed by atoms with E-state index in [1.165, 1.54) is 19.4 Å². The van der Waals surface area contributed by atoms with Crippen LogP contribution in [0.2, 0.25) is 0 Å². The van der Waals surface area contributed by atoms with E-state index in [2.05, 4.69) is 44.4 Å².